The van der Waals surface area contributed by atoms with Crippen LogP contribution in [0.15, 0.2) is 12.1 Å². The third-order valence-electron chi connectivity index (χ3n) is 4.24. The number of benzene rings is 1. The average Bonchev–Trinajstić information content (AvgIpc) is 2.83. The Hall–Kier alpha value is -2.91. The molecular weight excluding hydrogens is 345 g/mol. The largest absolute Gasteiger partial charge is 0.478 e. The number of rotatable bonds is 2. The first-order chi connectivity index (χ1) is 11.6. The van der Waals surface area contributed by atoms with Gasteiger partial charge >= 0.3 is 12.1 Å². The quantitative estimate of drug-likeness (QED) is 0.774. The van der Waals surface area contributed by atoms with Crippen molar-refractivity contribution in [3.05, 3.63) is 34.4 Å². The van der Waals surface area contributed by atoms with Crippen molar-refractivity contribution in [2.24, 2.45) is 0 Å². The molecule has 3 amide bonds. The Morgan fingerprint density at radius 1 is 1.24 bits per heavy atom. The summed E-state index contributed by atoms with van der Waals surface area (Å²) in [6.07, 6.45) is -4.94. The van der Waals surface area contributed by atoms with E-state index in [0.717, 1.165) is 11.0 Å². The van der Waals surface area contributed by atoms with Crippen LogP contribution in [0.3, 0.4) is 0 Å². The third kappa shape index (κ3) is 2.73. The van der Waals surface area contributed by atoms with Crippen molar-refractivity contribution in [3.8, 4) is 0 Å². The second-order valence-electron chi connectivity index (χ2n) is 5.72. The van der Waals surface area contributed by atoms with Gasteiger partial charge in [0.05, 0.1) is 16.7 Å². The number of hydrogen-bond donors (Lipinski definition) is 2. The highest BCUT2D eigenvalue weighted by Gasteiger charge is 2.46. The molecule has 2 heterocycles. The Bertz CT molecular complexity index is 818. The molecule has 1 aromatic carbocycles. The van der Waals surface area contributed by atoms with Gasteiger partial charge in [0.1, 0.15) is 6.04 Å². The topological polar surface area (TPSA) is 104 Å². The maximum atomic E-state index is 13.2. The van der Waals surface area contributed by atoms with Crippen molar-refractivity contribution in [2.45, 2.75) is 31.6 Å². The monoisotopic (exact) mass is 356 g/mol. The lowest BCUT2D eigenvalue weighted by Crippen LogP contribution is -2.52. The van der Waals surface area contributed by atoms with E-state index < -0.39 is 59.1 Å². The summed E-state index contributed by atoms with van der Waals surface area (Å²) in [5, 5.41) is 11.2. The van der Waals surface area contributed by atoms with E-state index in [2.05, 4.69) is 0 Å². The van der Waals surface area contributed by atoms with Crippen LogP contribution in [-0.4, -0.2) is 39.7 Å². The minimum atomic E-state index is -4.85. The summed E-state index contributed by atoms with van der Waals surface area (Å²) < 4.78 is 39.6. The van der Waals surface area contributed by atoms with Crippen LogP contribution in [0.1, 0.15) is 44.7 Å². The van der Waals surface area contributed by atoms with E-state index in [-0.39, 0.29) is 18.4 Å². The molecule has 1 saturated heterocycles. The van der Waals surface area contributed by atoms with Crippen LogP contribution >= 0.6 is 0 Å². The van der Waals surface area contributed by atoms with Crippen LogP contribution in [0.4, 0.5) is 13.2 Å². The average molecular weight is 356 g/mol. The number of carbonyl (C=O) groups is 4. The summed E-state index contributed by atoms with van der Waals surface area (Å²) in [6.45, 7) is -0.438. The fourth-order valence-electron chi connectivity index (χ4n) is 3.11. The molecule has 132 valence electrons. The van der Waals surface area contributed by atoms with Gasteiger partial charge in [0.2, 0.25) is 11.8 Å². The number of aromatic carboxylic acids is 1. The molecular formula is C15H11F3N2O5. The molecule has 10 heteroatoms. The molecule has 0 saturated carbocycles. The predicted octanol–water partition coefficient (Wildman–Crippen LogP) is 1.16. The summed E-state index contributed by atoms with van der Waals surface area (Å²) >= 11 is 0. The molecule has 0 aromatic heterocycles. The normalized spacial score (nSPS) is 20.5. The molecule has 1 atom stereocenters. The fraction of sp³-hybridized carbons (Fsp3) is 0.333. The highest BCUT2D eigenvalue weighted by molar-refractivity contribution is 6.07. The van der Waals surface area contributed by atoms with E-state index in [1.807, 2.05) is 5.32 Å². The van der Waals surface area contributed by atoms with E-state index in [1.165, 1.54) is 0 Å². The van der Waals surface area contributed by atoms with Crippen molar-refractivity contribution in [2.75, 3.05) is 0 Å². The zero-order valence-corrected chi connectivity index (χ0v) is 12.5. The van der Waals surface area contributed by atoms with Crippen LogP contribution in [0.2, 0.25) is 0 Å². The molecule has 1 unspecified atom stereocenters. The van der Waals surface area contributed by atoms with Crippen LogP contribution in [0.5, 0.6) is 0 Å². The summed E-state index contributed by atoms with van der Waals surface area (Å²) in [4.78, 5) is 47.8. The Kier molecular flexibility index (Phi) is 3.77. The fourth-order valence-corrected chi connectivity index (χ4v) is 3.11. The molecule has 3 rings (SSSR count). The van der Waals surface area contributed by atoms with Gasteiger partial charge in [-0.25, -0.2) is 4.79 Å². The van der Waals surface area contributed by atoms with Gasteiger partial charge < -0.3 is 10.0 Å². The number of imide groups is 1. The minimum Gasteiger partial charge on any atom is -0.478 e. The first-order valence-electron chi connectivity index (χ1n) is 7.22. The maximum absolute atomic E-state index is 13.2. The number of piperidine rings is 1. The Balaban J connectivity index is 2.08. The number of hydrogen-bond acceptors (Lipinski definition) is 4. The first-order valence-corrected chi connectivity index (χ1v) is 7.22. The molecule has 1 fully saturated rings. The molecule has 2 aliphatic heterocycles. The minimum absolute atomic E-state index is 0.0336. The van der Waals surface area contributed by atoms with Gasteiger partial charge in [-0.15, -0.1) is 0 Å². The lowest BCUT2D eigenvalue weighted by Gasteiger charge is -2.29. The number of nitrogens with zero attached hydrogens (tertiary/aromatic N) is 1. The van der Waals surface area contributed by atoms with Crippen molar-refractivity contribution < 1.29 is 37.5 Å². The highest BCUT2D eigenvalue weighted by Crippen LogP contribution is 2.39. The molecule has 0 bridgehead atoms. The summed E-state index contributed by atoms with van der Waals surface area (Å²) in [7, 11) is 0. The Morgan fingerprint density at radius 2 is 1.92 bits per heavy atom. The third-order valence-corrected chi connectivity index (χ3v) is 4.24. The molecule has 0 aliphatic carbocycles. The zero-order valence-electron chi connectivity index (χ0n) is 12.5. The van der Waals surface area contributed by atoms with E-state index in [1.54, 1.807) is 0 Å². The number of halogens is 3. The summed E-state index contributed by atoms with van der Waals surface area (Å²) in [6, 6.07) is 0.222. The molecule has 0 radical (unpaired) electrons. The second-order valence-corrected chi connectivity index (χ2v) is 5.72. The molecule has 1 aromatic rings. The number of nitrogens with one attached hydrogen (secondary N) is 1. The summed E-state index contributed by atoms with van der Waals surface area (Å²) in [5.41, 5.74) is -2.70. The van der Waals surface area contributed by atoms with Crippen LogP contribution in [0.25, 0.3) is 0 Å². The number of amides is 3. The van der Waals surface area contributed by atoms with Gasteiger partial charge in [0.15, 0.2) is 0 Å². The number of carboxylic acid groups (broad SMARTS) is 1. The maximum Gasteiger partial charge on any atom is 0.417 e. The predicted molar refractivity (Wildman–Crippen MR) is 74.4 cm³/mol. The van der Waals surface area contributed by atoms with Gasteiger partial charge in [-0.1, -0.05) is 0 Å². The molecule has 2 aliphatic rings. The van der Waals surface area contributed by atoms with Gasteiger partial charge in [-0.05, 0) is 24.1 Å². The van der Waals surface area contributed by atoms with Crippen molar-refractivity contribution >= 4 is 23.7 Å². The Labute approximate surface area is 138 Å². The molecule has 2 N–H and O–H groups in total. The standard InChI is InChI=1S/C15H11F3N2O5/c16-15(17,18)8-2-1-6(14(24)25)7-5-20(13(23)11(7)8)9-3-4-10(21)19-12(9)22/h1-2,9H,3-5H2,(H,24,25)(H,19,21,22). The zero-order chi connectivity index (χ0) is 18.5. The smallest absolute Gasteiger partial charge is 0.417 e. The first kappa shape index (κ1) is 16.9. The van der Waals surface area contributed by atoms with Gasteiger partial charge in [0.25, 0.3) is 5.91 Å². The Morgan fingerprint density at radius 3 is 2.48 bits per heavy atom. The van der Waals surface area contributed by atoms with Crippen molar-refractivity contribution in [1.29, 1.82) is 0 Å². The van der Waals surface area contributed by atoms with Crippen LogP contribution in [0, 0.1) is 0 Å². The van der Waals surface area contributed by atoms with Crippen LogP contribution in [-0.2, 0) is 22.3 Å². The lowest BCUT2D eigenvalue weighted by molar-refractivity contribution is -0.138. The number of carbonyl (C=O) groups excluding carboxylic acids is 3. The molecule has 0 spiro atoms. The molecule has 7 nitrogen and oxygen atoms in total. The van der Waals surface area contributed by atoms with Crippen molar-refractivity contribution in [3.63, 3.8) is 0 Å². The SMILES string of the molecule is O=C1CCC(N2Cc3c(C(=O)O)ccc(C(F)(F)F)c3C2=O)C(=O)N1. The number of alkyl halides is 3. The van der Waals surface area contributed by atoms with Gasteiger partial charge in [0, 0.05) is 13.0 Å². The number of carboxylic acids is 1. The highest BCUT2D eigenvalue weighted by atomic mass is 19.4. The molecule has 25 heavy (non-hydrogen) atoms. The summed E-state index contributed by atoms with van der Waals surface area (Å²) in [5.74, 6) is -3.86. The van der Waals surface area contributed by atoms with E-state index >= 15 is 0 Å². The van der Waals surface area contributed by atoms with Gasteiger partial charge in [-0.2, -0.15) is 13.2 Å². The second kappa shape index (κ2) is 5.57. The van der Waals surface area contributed by atoms with E-state index in [0.29, 0.717) is 6.07 Å². The van der Waals surface area contributed by atoms with E-state index in [9.17, 15) is 37.5 Å². The van der Waals surface area contributed by atoms with Gasteiger partial charge in [-0.3, -0.25) is 19.7 Å². The van der Waals surface area contributed by atoms with Crippen molar-refractivity contribution in [1.82, 2.24) is 10.2 Å². The lowest BCUT2D eigenvalue weighted by atomic mass is 9.97. The van der Waals surface area contributed by atoms with Crippen LogP contribution < -0.4 is 5.32 Å². The van der Waals surface area contributed by atoms with E-state index in [4.69, 9.17) is 0 Å². The number of fused-ring (bicyclic) bond motifs is 1.